The van der Waals surface area contributed by atoms with E-state index in [0.717, 1.165) is 31.5 Å². The predicted molar refractivity (Wildman–Crippen MR) is 89.1 cm³/mol. The highest BCUT2D eigenvalue weighted by molar-refractivity contribution is 6.32. The summed E-state index contributed by atoms with van der Waals surface area (Å²) in [5.41, 5.74) is 1.08. The van der Waals surface area contributed by atoms with Crippen molar-refractivity contribution < 1.29 is 14.6 Å². The van der Waals surface area contributed by atoms with E-state index in [-0.39, 0.29) is 12.0 Å². The third kappa shape index (κ3) is 4.28. The normalized spacial score (nSPS) is 22.6. The average molecular weight is 328 g/mol. The smallest absolute Gasteiger partial charge is 0.179 e. The van der Waals surface area contributed by atoms with Gasteiger partial charge in [0.15, 0.2) is 11.5 Å². The molecular formula is C17H26ClNO3. The Kier molecular flexibility index (Phi) is 6.36. The summed E-state index contributed by atoms with van der Waals surface area (Å²) in [4.78, 5) is 2.26. The minimum atomic E-state index is -0.253. The summed E-state index contributed by atoms with van der Waals surface area (Å²) < 4.78 is 11.3. The van der Waals surface area contributed by atoms with Crippen LogP contribution >= 0.6 is 11.6 Å². The molecule has 1 aliphatic rings. The number of nitrogens with zero attached hydrogens (tertiary/aromatic N) is 1. The second kappa shape index (κ2) is 8.04. The van der Waals surface area contributed by atoms with E-state index in [4.69, 9.17) is 21.1 Å². The lowest BCUT2D eigenvalue weighted by atomic mass is 9.89. The summed E-state index contributed by atoms with van der Waals surface area (Å²) in [5.74, 6) is 1.52. The summed E-state index contributed by atoms with van der Waals surface area (Å²) in [5, 5.41) is 10.8. The Balaban J connectivity index is 2.20. The zero-order chi connectivity index (χ0) is 16.1. The fourth-order valence-corrected chi connectivity index (χ4v) is 3.28. The first-order valence-electron chi connectivity index (χ1n) is 7.99. The van der Waals surface area contributed by atoms with Crippen LogP contribution in [0.2, 0.25) is 5.02 Å². The third-order valence-corrected chi connectivity index (χ3v) is 4.33. The molecule has 22 heavy (non-hydrogen) atoms. The molecule has 0 saturated carbocycles. The molecule has 2 atom stereocenters. The van der Waals surface area contributed by atoms with Crippen LogP contribution in [0.1, 0.15) is 25.8 Å². The van der Waals surface area contributed by atoms with Gasteiger partial charge in [-0.15, -0.1) is 0 Å². The molecule has 0 spiro atoms. The predicted octanol–water partition coefficient (Wildman–Crippen LogP) is 2.99. The number of hydrogen-bond acceptors (Lipinski definition) is 4. The van der Waals surface area contributed by atoms with Gasteiger partial charge < -0.3 is 19.5 Å². The second-order valence-corrected chi connectivity index (χ2v) is 6.26. The maximum absolute atomic E-state index is 10.2. The number of benzene rings is 1. The lowest BCUT2D eigenvalue weighted by molar-refractivity contribution is 0.0366. The first kappa shape index (κ1) is 17.4. The number of likely N-dealkylation sites (tertiary alicyclic amines) is 1. The minimum Gasteiger partial charge on any atom is -0.490 e. The number of rotatable bonds is 6. The fourth-order valence-electron chi connectivity index (χ4n) is 2.99. The number of halogens is 1. The quantitative estimate of drug-likeness (QED) is 0.872. The molecule has 2 unspecified atom stereocenters. The first-order chi connectivity index (χ1) is 10.5. The monoisotopic (exact) mass is 327 g/mol. The molecule has 0 amide bonds. The van der Waals surface area contributed by atoms with Gasteiger partial charge in [0.1, 0.15) is 0 Å². The van der Waals surface area contributed by atoms with Crippen LogP contribution in [0.5, 0.6) is 11.5 Å². The van der Waals surface area contributed by atoms with Crippen LogP contribution in [0.3, 0.4) is 0 Å². The fraction of sp³-hybridized carbons (Fsp3) is 0.647. The highest BCUT2D eigenvalue weighted by atomic mass is 35.5. The summed E-state index contributed by atoms with van der Waals surface area (Å²) in [7, 11) is 2.09. The van der Waals surface area contributed by atoms with Crippen molar-refractivity contribution in [3.63, 3.8) is 0 Å². The molecule has 1 aromatic rings. The topological polar surface area (TPSA) is 41.9 Å². The largest absolute Gasteiger partial charge is 0.490 e. The summed E-state index contributed by atoms with van der Waals surface area (Å²) >= 11 is 6.35. The molecule has 5 heteroatoms. The first-order valence-corrected chi connectivity index (χ1v) is 8.37. The van der Waals surface area contributed by atoms with Crippen molar-refractivity contribution in [2.75, 3.05) is 33.4 Å². The van der Waals surface area contributed by atoms with E-state index in [1.54, 1.807) is 0 Å². The van der Waals surface area contributed by atoms with E-state index in [1.807, 2.05) is 26.0 Å². The Bertz CT molecular complexity index is 495. The zero-order valence-corrected chi connectivity index (χ0v) is 14.4. The summed E-state index contributed by atoms with van der Waals surface area (Å²) in [6.07, 6.45) is 1.36. The highest BCUT2D eigenvalue weighted by Gasteiger charge is 2.26. The van der Waals surface area contributed by atoms with Crippen LogP contribution < -0.4 is 9.47 Å². The van der Waals surface area contributed by atoms with Crippen LogP contribution in [0.25, 0.3) is 0 Å². The van der Waals surface area contributed by atoms with E-state index in [9.17, 15) is 5.11 Å². The van der Waals surface area contributed by atoms with Crippen LogP contribution in [0, 0.1) is 5.92 Å². The van der Waals surface area contributed by atoms with Gasteiger partial charge in [-0.05, 0) is 51.4 Å². The molecule has 124 valence electrons. The summed E-state index contributed by atoms with van der Waals surface area (Å²) in [6.45, 7) is 6.83. The summed E-state index contributed by atoms with van der Waals surface area (Å²) in [6, 6.07) is 3.91. The van der Waals surface area contributed by atoms with Gasteiger partial charge >= 0.3 is 0 Å². The SMILES string of the molecule is CCOc1cc(CC2CN(C)CCC2O)cc(Cl)c1OCC. The van der Waals surface area contributed by atoms with Crippen LogP contribution in [-0.2, 0) is 6.42 Å². The molecular weight excluding hydrogens is 302 g/mol. The van der Waals surface area contributed by atoms with E-state index in [2.05, 4.69) is 11.9 Å². The lowest BCUT2D eigenvalue weighted by Gasteiger charge is -2.34. The van der Waals surface area contributed by atoms with Gasteiger partial charge in [0.2, 0.25) is 0 Å². The Hall–Kier alpha value is -0.970. The zero-order valence-electron chi connectivity index (χ0n) is 13.6. The molecule has 1 aromatic carbocycles. The van der Waals surface area contributed by atoms with E-state index in [1.165, 1.54) is 0 Å². The molecule has 1 N–H and O–H groups in total. The Labute approximate surface area is 138 Å². The third-order valence-electron chi connectivity index (χ3n) is 4.05. The Morgan fingerprint density at radius 1 is 1.27 bits per heavy atom. The molecule has 2 rings (SSSR count). The molecule has 0 radical (unpaired) electrons. The maximum Gasteiger partial charge on any atom is 0.179 e. The number of hydrogen-bond donors (Lipinski definition) is 1. The van der Waals surface area contributed by atoms with Crippen molar-refractivity contribution >= 4 is 11.6 Å². The van der Waals surface area contributed by atoms with Crippen molar-refractivity contribution in [1.29, 1.82) is 0 Å². The number of aliphatic hydroxyl groups excluding tert-OH is 1. The van der Waals surface area contributed by atoms with Gasteiger partial charge in [-0.25, -0.2) is 0 Å². The molecule has 1 saturated heterocycles. The molecule has 1 fully saturated rings. The van der Waals surface area contributed by atoms with E-state index >= 15 is 0 Å². The molecule has 1 heterocycles. The molecule has 0 aromatic heterocycles. The average Bonchev–Trinajstić information content (AvgIpc) is 2.47. The van der Waals surface area contributed by atoms with Crippen molar-refractivity contribution in [1.82, 2.24) is 4.90 Å². The van der Waals surface area contributed by atoms with Gasteiger partial charge in [-0.2, -0.15) is 0 Å². The standard InChI is InChI=1S/C17H26ClNO3/c1-4-21-16-10-12(9-14(18)17(16)22-5-2)8-13-11-19(3)7-6-15(13)20/h9-10,13,15,20H,4-8,11H2,1-3H3. The van der Waals surface area contributed by atoms with Gasteiger partial charge in [-0.3, -0.25) is 0 Å². The van der Waals surface area contributed by atoms with Crippen molar-refractivity contribution in [3.8, 4) is 11.5 Å². The van der Waals surface area contributed by atoms with E-state index in [0.29, 0.717) is 29.7 Å². The maximum atomic E-state index is 10.2. The van der Waals surface area contributed by atoms with Gasteiger partial charge in [0.05, 0.1) is 24.3 Å². The lowest BCUT2D eigenvalue weighted by Crippen LogP contribution is -2.41. The minimum absolute atomic E-state index is 0.224. The van der Waals surface area contributed by atoms with Crippen LogP contribution in [0.4, 0.5) is 0 Å². The van der Waals surface area contributed by atoms with Gasteiger partial charge in [0, 0.05) is 19.0 Å². The van der Waals surface area contributed by atoms with Crippen LogP contribution in [-0.4, -0.2) is 49.5 Å². The number of ether oxygens (including phenoxy) is 2. The van der Waals surface area contributed by atoms with E-state index < -0.39 is 0 Å². The molecule has 4 nitrogen and oxygen atoms in total. The second-order valence-electron chi connectivity index (χ2n) is 5.85. The van der Waals surface area contributed by atoms with Crippen LogP contribution in [0.15, 0.2) is 12.1 Å². The molecule has 1 aliphatic heterocycles. The van der Waals surface area contributed by atoms with Gasteiger partial charge in [-0.1, -0.05) is 11.6 Å². The number of piperidine rings is 1. The van der Waals surface area contributed by atoms with Gasteiger partial charge in [0.25, 0.3) is 0 Å². The highest BCUT2D eigenvalue weighted by Crippen LogP contribution is 2.37. The van der Waals surface area contributed by atoms with Crippen molar-refractivity contribution in [2.45, 2.75) is 32.8 Å². The number of aliphatic hydroxyl groups is 1. The van der Waals surface area contributed by atoms with Crippen molar-refractivity contribution in [2.24, 2.45) is 5.92 Å². The Morgan fingerprint density at radius 3 is 2.68 bits per heavy atom. The Morgan fingerprint density at radius 2 is 2.00 bits per heavy atom. The van der Waals surface area contributed by atoms with Crippen molar-refractivity contribution in [3.05, 3.63) is 22.7 Å². The molecule has 0 aliphatic carbocycles. The molecule has 0 bridgehead atoms.